The maximum absolute atomic E-state index is 12.7. The van der Waals surface area contributed by atoms with Crippen LogP contribution in [0.15, 0.2) is 48.5 Å². The van der Waals surface area contributed by atoms with Gasteiger partial charge in [0.1, 0.15) is 5.75 Å². The number of hydrogen-bond acceptors (Lipinski definition) is 5. The van der Waals surface area contributed by atoms with E-state index in [2.05, 4.69) is 28.9 Å². The van der Waals surface area contributed by atoms with Crippen LogP contribution in [0.5, 0.6) is 5.75 Å². The third-order valence-electron chi connectivity index (χ3n) is 5.35. The van der Waals surface area contributed by atoms with Crippen molar-refractivity contribution in [2.24, 2.45) is 0 Å². The highest BCUT2D eigenvalue weighted by molar-refractivity contribution is 7.21. The minimum atomic E-state index is 0.247. The van der Waals surface area contributed by atoms with E-state index in [1.165, 1.54) is 10.1 Å². The minimum Gasteiger partial charge on any atom is -0.506 e. The van der Waals surface area contributed by atoms with Gasteiger partial charge in [0.2, 0.25) is 0 Å². The summed E-state index contributed by atoms with van der Waals surface area (Å²) in [5.74, 6) is 0.582. The first-order chi connectivity index (χ1) is 13.1. The lowest BCUT2D eigenvalue weighted by Gasteiger charge is -2.36. The molecule has 5 heteroatoms. The summed E-state index contributed by atoms with van der Waals surface area (Å²) in [6.07, 6.45) is 0.560. The summed E-state index contributed by atoms with van der Waals surface area (Å²) >= 11 is 1.61. The van der Waals surface area contributed by atoms with Crippen LogP contribution in [-0.4, -0.2) is 48.5 Å². The van der Waals surface area contributed by atoms with E-state index < -0.39 is 0 Å². The summed E-state index contributed by atoms with van der Waals surface area (Å²) in [5.41, 5.74) is 2.01. The third-order valence-corrected chi connectivity index (χ3v) is 6.66. The number of hydrogen-bond donors (Lipinski definition) is 1. The maximum Gasteiger partial charge on any atom is 0.174 e. The predicted octanol–water partition coefficient (Wildman–Crippen LogP) is 4.31. The van der Waals surface area contributed by atoms with Crippen molar-refractivity contribution in [1.82, 2.24) is 4.90 Å². The van der Waals surface area contributed by atoms with Crippen molar-refractivity contribution in [2.45, 2.75) is 13.3 Å². The summed E-state index contributed by atoms with van der Waals surface area (Å²) < 4.78 is 1.19. The smallest absolute Gasteiger partial charge is 0.174 e. The number of piperazine rings is 1. The number of nitrogens with zero attached hydrogens (tertiary/aromatic N) is 2. The van der Waals surface area contributed by atoms with Crippen LogP contribution in [0.25, 0.3) is 10.1 Å². The molecule has 2 aromatic carbocycles. The summed E-state index contributed by atoms with van der Waals surface area (Å²) in [7, 11) is 0. The molecule has 4 nitrogen and oxygen atoms in total. The lowest BCUT2D eigenvalue weighted by Crippen LogP contribution is -2.46. The fourth-order valence-electron chi connectivity index (χ4n) is 3.76. The number of ketones is 1. The Bertz CT molecular complexity index is 958. The Kier molecular flexibility index (Phi) is 5.14. The highest BCUT2D eigenvalue weighted by atomic mass is 32.1. The zero-order valence-electron chi connectivity index (χ0n) is 15.5. The second kappa shape index (κ2) is 7.71. The van der Waals surface area contributed by atoms with Gasteiger partial charge in [-0.1, -0.05) is 30.3 Å². The van der Waals surface area contributed by atoms with Gasteiger partial charge in [-0.25, -0.2) is 0 Å². The Morgan fingerprint density at radius 2 is 1.74 bits per heavy atom. The third kappa shape index (κ3) is 3.70. The van der Waals surface area contributed by atoms with E-state index in [9.17, 15) is 9.90 Å². The Labute approximate surface area is 163 Å². The van der Waals surface area contributed by atoms with Gasteiger partial charge >= 0.3 is 0 Å². The number of carbonyl (C=O) groups excluding carboxylic acids is 1. The first-order valence-corrected chi connectivity index (χ1v) is 10.2. The summed E-state index contributed by atoms with van der Waals surface area (Å²) in [6, 6.07) is 15.7. The number of aryl methyl sites for hydroxylation is 1. The highest BCUT2D eigenvalue weighted by Crippen LogP contribution is 2.31. The van der Waals surface area contributed by atoms with E-state index in [1.807, 2.05) is 30.3 Å². The topological polar surface area (TPSA) is 43.8 Å². The average molecular weight is 381 g/mol. The zero-order valence-corrected chi connectivity index (χ0v) is 16.3. The molecule has 1 aliphatic heterocycles. The largest absolute Gasteiger partial charge is 0.506 e. The second-order valence-corrected chi connectivity index (χ2v) is 8.10. The minimum absolute atomic E-state index is 0.247. The normalized spacial score (nSPS) is 15.4. The number of anilines is 1. The van der Waals surface area contributed by atoms with Crippen LogP contribution in [0.2, 0.25) is 0 Å². The van der Waals surface area contributed by atoms with Gasteiger partial charge in [0.25, 0.3) is 0 Å². The molecule has 0 aliphatic carbocycles. The summed E-state index contributed by atoms with van der Waals surface area (Å²) in [4.78, 5) is 18.2. The standard InChI is InChI=1S/C22H24N2O2S/c1-16-17-6-2-5-9-21(17)27-22(16)20(26)10-11-23-12-14-24(15-13-23)18-7-3-4-8-19(18)25/h2-9,25H,10-15H2,1H3. The number of fused-ring (bicyclic) bond motifs is 1. The van der Waals surface area contributed by atoms with Crippen molar-refractivity contribution in [3.8, 4) is 5.75 Å². The van der Waals surface area contributed by atoms with Crippen molar-refractivity contribution in [3.63, 3.8) is 0 Å². The number of carbonyl (C=O) groups is 1. The molecule has 27 heavy (non-hydrogen) atoms. The predicted molar refractivity (Wildman–Crippen MR) is 112 cm³/mol. The average Bonchev–Trinajstić information content (AvgIpc) is 3.04. The van der Waals surface area contributed by atoms with Crippen molar-refractivity contribution in [1.29, 1.82) is 0 Å². The first kappa shape index (κ1) is 18.0. The van der Waals surface area contributed by atoms with Gasteiger partial charge < -0.3 is 10.0 Å². The Hall–Kier alpha value is -2.37. The van der Waals surface area contributed by atoms with E-state index >= 15 is 0 Å². The number of rotatable bonds is 5. The molecular weight excluding hydrogens is 356 g/mol. The van der Waals surface area contributed by atoms with Gasteiger partial charge in [-0.2, -0.15) is 0 Å². The van der Waals surface area contributed by atoms with Crippen LogP contribution in [0.4, 0.5) is 5.69 Å². The van der Waals surface area contributed by atoms with E-state index in [0.29, 0.717) is 12.2 Å². The first-order valence-electron chi connectivity index (χ1n) is 9.40. The fraction of sp³-hybridized carbons (Fsp3) is 0.318. The van der Waals surface area contributed by atoms with Crippen LogP contribution in [0, 0.1) is 6.92 Å². The van der Waals surface area contributed by atoms with Gasteiger partial charge in [0, 0.05) is 43.8 Å². The molecule has 0 amide bonds. The van der Waals surface area contributed by atoms with E-state index in [1.54, 1.807) is 17.4 Å². The van der Waals surface area contributed by atoms with Gasteiger partial charge in [0.05, 0.1) is 10.6 Å². The van der Waals surface area contributed by atoms with Gasteiger partial charge in [-0.3, -0.25) is 9.69 Å². The number of thiophene rings is 1. The molecule has 1 saturated heterocycles. The van der Waals surface area contributed by atoms with Crippen molar-refractivity contribution < 1.29 is 9.90 Å². The molecular formula is C22H24N2O2S. The van der Waals surface area contributed by atoms with Gasteiger partial charge in [-0.05, 0) is 36.1 Å². The quantitative estimate of drug-likeness (QED) is 0.670. The molecule has 0 bridgehead atoms. The fourth-order valence-corrected chi connectivity index (χ4v) is 4.93. The van der Waals surface area contributed by atoms with Gasteiger partial charge in [0.15, 0.2) is 5.78 Å². The number of benzene rings is 2. The Morgan fingerprint density at radius 3 is 2.48 bits per heavy atom. The summed E-state index contributed by atoms with van der Waals surface area (Å²) in [6.45, 7) is 6.40. The number of phenolic OH excluding ortho intramolecular Hbond substituents is 1. The maximum atomic E-state index is 12.7. The van der Waals surface area contributed by atoms with Crippen LogP contribution in [0.3, 0.4) is 0 Å². The number of aromatic hydroxyl groups is 1. The molecule has 140 valence electrons. The molecule has 1 aliphatic rings. The molecule has 1 fully saturated rings. The zero-order chi connectivity index (χ0) is 18.8. The Balaban J connectivity index is 1.34. The molecule has 3 aromatic rings. The molecule has 1 aromatic heterocycles. The number of para-hydroxylation sites is 2. The van der Waals surface area contributed by atoms with Gasteiger partial charge in [-0.15, -0.1) is 11.3 Å². The van der Waals surface area contributed by atoms with Crippen molar-refractivity contribution in [2.75, 3.05) is 37.6 Å². The molecule has 1 N–H and O–H groups in total. The molecule has 0 saturated carbocycles. The van der Waals surface area contributed by atoms with Crippen molar-refractivity contribution in [3.05, 3.63) is 59.0 Å². The summed E-state index contributed by atoms with van der Waals surface area (Å²) in [5, 5.41) is 11.2. The van der Waals surface area contributed by atoms with E-state index in [4.69, 9.17) is 0 Å². The van der Waals surface area contributed by atoms with Crippen LogP contribution >= 0.6 is 11.3 Å². The van der Waals surface area contributed by atoms with E-state index in [-0.39, 0.29) is 5.78 Å². The Morgan fingerprint density at radius 1 is 1.04 bits per heavy atom. The van der Waals surface area contributed by atoms with Crippen molar-refractivity contribution >= 4 is 32.9 Å². The highest BCUT2D eigenvalue weighted by Gasteiger charge is 2.21. The molecule has 2 heterocycles. The molecule has 4 rings (SSSR count). The molecule has 0 spiro atoms. The monoisotopic (exact) mass is 380 g/mol. The van der Waals surface area contributed by atoms with Crippen LogP contribution in [-0.2, 0) is 0 Å². The lowest BCUT2D eigenvalue weighted by molar-refractivity contribution is 0.0966. The second-order valence-electron chi connectivity index (χ2n) is 7.04. The number of phenols is 1. The number of Topliss-reactive ketones (excluding diaryl/α,β-unsaturated/α-hetero) is 1. The molecule has 0 radical (unpaired) electrons. The molecule has 0 unspecified atom stereocenters. The molecule has 0 atom stereocenters. The SMILES string of the molecule is Cc1c(C(=O)CCN2CCN(c3ccccc3O)CC2)sc2ccccc12. The lowest BCUT2D eigenvalue weighted by atomic mass is 10.1. The van der Waals surface area contributed by atoms with Crippen LogP contribution in [0.1, 0.15) is 21.7 Å². The van der Waals surface area contributed by atoms with E-state index in [0.717, 1.165) is 48.9 Å². The van der Waals surface area contributed by atoms with Crippen LogP contribution < -0.4 is 4.90 Å².